The molecule has 1 amide bonds. The van der Waals surface area contributed by atoms with Gasteiger partial charge in [0.25, 0.3) is 0 Å². The minimum atomic E-state index is -5.09. The smallest absolute Gasteiger partial charge is 0.394 e. The van der Waals surface area contributed by atoms with E-state index >= 15 is 0 Å². The van der Waals surface area contributed by atoms with E-state index in [1.165, 1.54) is 199 Å². The molecule has 0 spiro atoms. The highest BCUT2D eigenvalue weighted by Crippen LogP contribution is 2.26. The van der Waals surface area contributed by atoms with Crippen LogP contribution in [0.25, 0.3) is 0 Å². The van der Waals surface area contributed by atoms with E-state index < -0.39 is 59.9 Å². The molecule has 1 aliphatic heterocycles. The lowest BCUT2D eigenvalue weighted by Crippen LogP contribution is -2.61. The predicted molar refractivity (Wildman–Crippen MR) is 269 cm³/mol. The zero-order valence-corrected chi connectivity index (χ0v) is 43.1. The van der Waals surface area contributed by atoms with Crippen molar-refractivity contribution in [3.63, 3.8) is 0 Å². The van der Waals surface area contributed by atoms with Crippen LogP contribution < -0.4 is 5.32 Å². The minimum absolute atomic E-state index is 0.257. The van der Waals surface area contributed by atoms with Crippen LogP contribution in [0.4, 0.5) is 0 Å². The van der Waals surface area contributed by atoms with Crippen LogP contribution in [0.5, 0.6) is 0 Å². The van der Waals surface area contributed by atoms with Crippen LogP contribution in [0.15, 0.2) is 12.2 Å². The summed E-state index contributed by atoms with van der Waals surface area (Å²) in [6, 6.07) is -0.939. The van der Waals surface area contributed by atoms with Crippen LogP contribution >= 0.6 is 0 Å². The van der Waals surface area contributed by atoms with Crippen LogP contribution in [0, 0.1) is 0 Å². The Bertz CT molecular complexity index is 1220. The Morgan fingerprint density at radius 1 is 0.591 bits per heavy atom. The van der Waals surface area contributed by atoms with Crippen molar-refractivity contribution >= 4 is 16.3 Å². The summed E-state index contributed by atoms with van der Waals surface area (Å²) in [6.45, 7) is 3.43. The van der Waals surface area contributed by atoms with Gasteiger partial charge in [-0.15, -0.1) is 0 Å². The molecule has 1 fully saturated rings. The summed E-state index contributed by atoms with van der Waals surface area (Å²) in [4.78, 5) is 13.1. The Morgan fingerprint density at radius 2 is 0.955 bits per heavy atom. The summed E-state index contributed by atoms with van der Waals surface area (Å²) in [6.07, 6.45) is 42.5. The standard InChI is InChI=1S/C53H103NO11S/c1-3-5-7-9-11-13-15-17-19-21-22-23-24-25-27-28-30-32-34-36-38-40-42-47(56)46(45-63-53-51(59)52(65-66(60,61)62)50(58)48(44-55)64-53)54-49(57)43-41-39-37-35-33-31-29-26-20-18-16-14-12-10-8-6-4-2/h40,42,46-48,50-53,55-56,58-59H,3-39,41,43-45H2,1-2H3,(H,54,57)(H,60,61,62)/b42-40+. The lowest BCUT2D eigenvalue weighted by atomic mass is 9.99. The molecule has 7 atom stereocenters. The van der Waals surface area contributed by atoms with E-state index in [2.05, 4.69) is 23.3 Å². The van der Waals surface area contributed by atoms with Crippen molar-refractivity contribution in [3.8, 4) is 0 Å². The number of rotatable bonds is 48. The molecule has 0 aromatic heterocycles. The fourth-order valence-electron chi connectivity index (χ4n) is 9.05. The highest BCUT2D eigenvalue weighted by atomic mass is 32.3. The number of nitrogens with one attached hydrogen (secondary N) is 1. The topological polar surface area (TPSA) is 192 Å². The van der Waals surface area contributed by atoms with E-state index in [0.29, 0.717) is 6.42 Å². The van der Waals surface area contributed by atoms with E-state index in [4.69, 9.17) is 9.47 Å². The Morgan fingerprint density at radius 3 is 1.32 bits per heavy atom. The molecular formula is C53H103NO11S. The Hall–Kier alpha value is -1.16. The lowest BCUT2D eigenvalue weighted by Gasteiger charge is -2.41. The SMILES string of the molecule is CCCCCCCCCCCCCCCCCCCCCC/C=C/C(O)C(COC1OC(CO)C(O)C(OS(=O)(=O)O)C1O)NC(=O)CCCCCCCCCCCCCCCCCCC. The molecule has 0 saturated carbocycles. The van der Waals surface area contributed by atoms with E-state index in [9.17, 15) is 38.2 Å². The van der Waals surface area contributed by atoms with Gasteiger partial charge in [0.1, 0.15) is 24.4 Å². The molecule has 1 saturated heterocycles. The van der Waals surface area contributed by atoms with Gasteiger partial charge in [0.05, 0.1) is 25.4 Å². The highest BCUT2D eigenvalue weighted by Gasteiger charge is 2.48. The van der Waals surface area contributed by atoms with Crippen LogP contribution in [0.3, 0.4) is 0 Å². The van der Waals surface area contributed by atoms with Gasteiger partial charge in [-0.25, -0.2) is 4.18 Å². The van der Waals surface area contributed by atoms with Gasteiger partial charge in [-0.3, -0.25) is 9.35 Å². The van der Waals surface area contributed by atoms with Crippen molar-refractivity contribution in [2.24, 2.45) is 0 Å². The zero-order valence-electron chi connectivity index (χ0n) is 42.3. The number of carbonyl (C=O) groups is 1. The average molecular weight is 962 g/mol. The normalized spacial score (nSPS) is 20.0. The quantitative estimate of drug-likeness (QED) is 0.0193. The lowest BCUT2D eigenvalue weighted by molar-refractivity contribution is -0.298. The first-order chi connectivity index (χ1) is 32.0. The van der Waals surface area contributed by atoms with Crippen molar-refractivity contribution in [1.82, 2.24) is 5.32 Å². The van der Waals surface area contributed by atoms with Gasteiger partial charge in [0, 0.05) is 6.42 Å². The Balaban J connectivity index is 2.40. The Kier molecular flexibility index (Phi) is 41.7. The van der Waals surface area contributed by atoms with Crippen LogP contribution in [-0.2, 0) is 28.9 Å². The van der Waals surface area contributed by atoms with Crippen molar-refractivity contribution in [1.29, 1.82) is 0 Å². The van der Waals surface area contributed by atoms with E-state index in [1.807, 2.05) is 6.08 Å². The number of unbranched alkanes of at least 4 members (excludes halogenated alkanes) is 36. The summed E-state index contributed by atoms with van der Waals surface area (Å²) in [5.74, 6) is -0.257. The van der Waals surface area contributed by atoms with Gasteiger partial charge in [0.15, 0.2) is 6.29 Å². The van der Waals surface area contributed by atoms with Crippen molar-refractivity contribution in [2.45, 2.75) is 307 Å². The molecular weight excluding hydrogens is 859 g/mol. The Labute approximate surface area is 404 Å². The van der Waals surface area contributed by atoms with Crippen molar-refractivity contribution in [3.05, 3.63) is 12.2 Å². The molecule has 7 unspecified atom stereocenters. The van der Waals surface area contributed by atoms with E-state index in [1.54, 1.807) is 6.08 Å². The third-order valence-electron chi connectivity index (χ3n) is 13.3. The fourth-order valence-corrected chi connectivity index (χ4v) is 9.55. The third kappa shape index (κ3) is 35.9. The molecule has 392 valence electrons. The van der Waals surface area contributed by atoms with Gasteiger partial charge >= 0.3 is 10.4 Å². The molecule has 1 aliphatic rings. The first kappa shape index (κ1) is 62.9. The maximum absolute atomic E-state index is 13.1. The van der Waals surface area contributed by atoms with Crippen LogP contribution in [-0.4, -0.2) is 95.4 Å². The predicted octanol–water partition coefficient (Wildman–Crippen LogP) is 12.3. The van der Waals surface area contributed by atoms with Gasteiger partial charge in [-0.2, -0.15) is 8.42 Å². The molecule has 66 heavy (non-hydrogen) atoms. The number of aliphatic hydroxyl groups is 4. The molecule has 1 rings (SSSR count). The number of allylic oxidation sites excluding steroid dienone is 1. The second-order valence-electron chi connectivity index (χ2n) is 19.5. The second-order valence-corrected chi connectivity index (χ2v) is 20.6. The number of carbonyl (C=O) groups excluding carboxylic acids is 1. The maximum Gasteiger partial charge on any atom is 0.397 e. The van der Waals surface area contributed by atoms with Crippen LogP contribution in [0.1, 0.15) is 264 Å². The third-order valence-corrected chi connectivity index (χ3v) is 13.8. The van der Waals surface area contributed by atoms with E-state index in [0.717, 1.165) is 38.5 Å². The maximum atomic E-state index is 13.1. The molecule has 0 aromatic carbocycles. The highest BCUT2D eigenvalue weighted by molar-refractivity contribution is 7.80. The number of hydrogen-bond acceptors (Lipinski definition) is 10. The number of hydrogen-bond donors (Lipinski definition) is 6. The monoisotopic (exact) mass is 962 g/mol. The van der Waals surface area contributed by atoms with Crippen molar-refractivity contribution < 1.29 is 51.8 Å². The molecule has 1 heterocycles. The molecule has 0 aromatic rings. The first-order valence-electron chi connectivity index (χ1n) is 27.6. The summed E-state index contributed by atoms with van der Waals surface area (Å²) < 4.78 is 47.8. The van der Waals surface area contributed by atoms with Gasteiger partial charge < -0.3 is 35.2 Å². The number of aliphatic hydroxyl groups excluding tert-OH is 4. The molecule has 6 N–H and O–H groups in total. The molecule has 12 nitrogen and oxygen atoms in total. The molecule has 0 radical (unpaired) electrons. The van der Waals surface area contributed by atoms with Gasteiger partial charge in [0.2, 0.25) is 5.91 Å². The molecule has 13 heteroatoms. The minimum Gasteiger partial charge on any atom is -0.394 e. The van der Waals surface area contributed by atoms with Gasteiger partial charge in [-0.05, 0) is 19.3 Å². The first-order valence-corrected chi connectivity index (χ1v) is 28.9. The second kappa shape index (κ2) is 43.8. The van der Waals surface area contributed by atoms with Crippen molar-refractivity contribution in [2.75, 3.05) is 13.2 Å². The summed E-state index contributed by atoms with van der Waals surface area (Å²) in [7, 11) is -5.09. The largest absolute Gasteiger partial charge is 0.397 e. The zero-order chi connectivity index (χ0) is 48.4. The van der Waals surface area contributed by atoms with Crippen LogP contribution in [0.2, 0.25) is 0 Å². The number of amides is 1. The van der Waals surface area contributed by atoms with Gasteiger partial charge in [-0.1, -0.05) is 251 Å². The van der Waals surface area contributed by atoms with E-state index in [-0.39, 0.29) is 18.9 Å². The summed E-state index contributed by atoms with van der Waals surface area (Å²) in [5.41, 5.74) is 0. The summed E-state index contributed by atoms with van der Waals surface area (Å²) in [5, 5.41) is 44.9. The molecule has 0 bridgehead atoms. The molecule has 0 aliphatic carbocycles. The average Bonchev–Trinajstić information content (AvgIpc) is 3.29. The fraction of sp³-hybridized carbons (Fsp3) is 0.943. The summed E-state index contributed by atoms with van der Waals surface area (Å²) >= 11 is 0. The number of ether oxygens (including phenoxy) is 2.